The minimum atomic E-state index is 0.733. The molecule has 1 aliphatic heterocycles. The van der Waals surface area contributed by atoms with Crippen molar-refractivity contribution in [1.29, 1.82) is 0 Å². The summed E-state index contributed by atoms with van der Waals surface area (Å²) in [6, 6.07) is 18.4. The molecule has 0 saturated carbocycles. The summed E-state index contributed by atoms with van der Waals surface area (Å²) in [7, 11) is 0. The molecule has 1 aliphatic rings. The molecule has 0 spiro atoms. The summed E-state index contributed by atoms with van der Waals surface area (Å²) in [5, 5.41) is 0. The van der Waals surface area contributed by atoms with Gasteiger partial charge in [-0.2, -0.15) is 0 Å². The van der Waals surface area contributed by atoms with Gasteiger partial charge in [0.2, 0.25) is 0 Å². The van der Waals surface area contributed by atoms with Gasteiger partial charge in [-0.25, -0.2) is 0 Å². The lowest BCUT2D eigenvalue weighted by atomic mass is 10.2. The lowest BCUT2D eigenvalue weighted by molar-refractivity contribution is 0.112. The minimum Gasteiger partial charge on any atom is -0.368 e. The average molecular weight is 266 g/mol. The number of benzene rings is 2. The van der Waals surface area contributed by atoms with E-state index in [0.717, 1.165) is 38.0 Å². The van der Waals surface area contributed by atoms with E-state index in [1.807, 2.05) is 30.3 Å². The Hall–Kier alpha value is -2.29. The summed E-state index contributed by atoms with van der Waals surface area (Å²) in [5.74, 6) is 0. The van der Waals surface area contributed by atoms with Crippen LogP contribution < -0.4 is 9.80 Å². The van der Waals surface area contributed by atoms with E-state index in [2.05, 4.69) is 34.1 Å². The molecule has 1 fully saturated rings. The first-order chi connectivity index (χ1) is 9.86. The van der Waals surface area contributed by atoms with Gasteiger partial charge in [-0.05, 0) is 36.4 Å². The van der Waals surface area contributed by atoms with Crippen molar-refractivity contribution in [2.24, 2.45) is 0 Å². The lowest BCUT2D eigenvalue weighted by Gasteiger charge is -2.37. The quantitative estimate of drug-likeness (QED) is 0.798. The van der Waals surface area contributed by atoms with Gasteiger partial charge in [-0.3, -0.25) is 4.79 Å². The highest BCUT2D eigenvalue weighted by atomic mass is 16.1. The largest absolute Gasteiger partial charge is 0.368 e. The number of piperazine rings is 1. The van der Waals surface area contributed by atoms with E-state index < -0.39 is 0 Å². The van der Waals surface area contributed by atoms with Crippen LogP contribution in [0.4, 0.5) is 11.4 Å². The molecule has 2 aromatic carbocycles. The Kier molecular flexibility index (Phi) is 3.68. The average Bonchev–Trinajstić information content (AvgIpc) is 2.56. The van der Waals surface area contributed by atoms with Crippen LogP contribution in [-0.4, -0.2) is 32.5 Å². The predicted octanol–water partition coefficient (Wildman–Crippen LogP) is 2.83. The molecule has 1 saturated heterocycles. The molecule has 0 aliphatic carbocycles. The zero-order chi connectivity index (χ0) is 13.8. The Bertz CT molecular complexity index is 557. The maximum absolute atomic E-state index is 10.7. The number of nitrogens with zero attached hydrogens (tertiary/aromatic N) is 2. The number of carbonyl (C=O) groups excluding carboxylic acids is 1. The van der Waals surface area contributed by atoms with Crippen LogP contribution in [0.2, 0.25) is 0 Å². The van der Waals surface area contributed by atoms with Crippen LogP contribution in [0.15, 0.2) is 54.6 Å². The molecule has 0 amide bonds. The Morgan fingerprint density at radius 1 is 0.700 bits per heavy atom. The molecule has 102 valence electrons. The highest BCUT2D eigenvalue weighted by Gasteiger charge is 2.17. The fraction of sp³-hybridized carbons (Fsp3) is 0.235. The number of anilines is 2. The molecule has 1 heterocycles. The van der Waals surface area contributed by atoms with Crippen LogP contribution in [0, 0.1) is 0 Å². The van der Waals surface area contributed by atoms with Gasteiger partial charge < -0.3 is 9.80 Å². The van der Waals surface area contributed by atoms with Gasteiger partial charge in [0.05, 0.1) is 0 Å². The minimum absolute atomic E-state index is 0.733. The third kappa shape index (κ3) is 2.67. The monoisotopic (exact) mass is 266 g/mol. The molecule has 3 nitrogen and oxygen atoms in total. The van der Waals surface area contributed by atoms with Crippen LogP contribution in [0.3, 0.4) is 0 Å². The molecule has 3 heteroatoms. The molecule has 20 heavy (non-hydrogen) atoms. The van der Waals surface area contributed by atoms with Crippen LogP contribution in [0.1, 0.15) is 10.4 Å². The number of para-hydroxylation sites is 1. The molecule has 0 radical (unpaired) electrons. The molecule has 2 aromatic rings. The predicted molar refractivity (Wildman–Crippen MR) is 82.7 cm³/mol. The van der Waals surface area contributed by atoms with Crippen molar-refractivity contribution in [1.82, 2.24) is 0 Å². The van der Waals surface area contributed by atoms with Crippen molar-refractivity contribution in [3.8, 4) is 0 Å². The van der Waals surface area contributed by atoms with Crippen molar-refractivity contribution >= 4 is 17.7 Å². The van der Waals surface area contributed by atoms with E-state index in [0.29, 0.717) is 0 Å². The third-order valence-electron chi connectivity index (χ3n) is 3.80. The second-order valence-corrected chi connectivity index (χ2v) is 5.02. The van der Waals surface area contributed by atoms with Crippen LogP contribution in [0.5, 0.6) is 0 Å². The SMILES string of the molecule is O=Cc1ccc(N2CCN(c3ccccc3)CC2)cc1. The van der Waals surface area contributed by atoms with E-state index in [4.69, 9.17) is 0 Å². The van der Waals surface area contributed by atoms with E-state index in [9.17, 15) is 4.79 Å². The number of hydrogen-bond acceptors (Lipinski definition) is 3. The topological polar surface area (TPSA) is 23.6 Å². The molecule has 0 unspecified atom stereocenters. The van der Waals surface area contributed by atoms with Gasteiger partial charge in [0.15, 0.2) is 0 Å². The maximum atomic E-state index is 10.7. The molecule has 3 rings (SSSR count). The normalized spacial score (nSPS) is 15.2. The van der Waals surface area contributed by atoms with Gasteiger partial charge in [-0.15, -0.1) is 0 Å². The number of carbonyl (C=O) groups is 1. The second kappa shape index (κ2) is 5.78. The second-order valence-electron chi connectivity index (χ2n) is 5.02. The lowest BCUT2D eigenvalue weighted by Crippen LogP contribution is -2.46. The van der Waals surface area contributed by atoms with Crippen molar-refractivity contribution < 1.29 is 4.79 Å². The van der Waals surface area contributed by atoms with Gasteiger partial charge in [0.25, 0.3) is 0 Å². The van der Waals surface area contributed by atoms with Crippen LogP contribution in [0.25, 0.3) is 0 Å². The van der Waals surface area contributed by atoms with Gasteiger partial charge in [0.1, 0.15) is 6.29 Å². The van der Waals surface area contributed by atoms with E-state index in [1.165, 1.54) is 11.4 Å². The van der Waals surface area contributed by atoms with Gasteiger partial charge in [-0.1, -0.05) is 18.2 Å². The standard InChI is InChI=1S/C17H18N2O/c20-14-15-6-8-17(9-7-15)19-12-10-18(11-13-19)16-4-2-1-3-5-16/h1-9,14H,10-13H2. The fourth-order valence-corrected chi connectivity index (χ4v) is 2.63. The molecular formula is C17H18N2O. The zero-order valence-corrected chi connectivity index (χ0v) is 11.4. The van der Waals surface area contributed by atoms with E-state index in [1.54, 1.807) is 0 Å². The van der Waals surface area contributed by atoms with Crippen molar-refractivity contribution in [2.45, 2.75) is 0 Å². The van der Waals surface area contributed by atoms with E-state index >= 15 is 0 Å². The first-order valence-corrected chi connectivity index (χ1v) is 6.97. The summed E-state index contributed by atoms with van der Waals surface area (Å²) in [5.41, 5.74) is 3.23. The van der Waals surface area contributed by atoms with Gasteiger partial charge in [0, 0.05) is 43.1 Å². The summed E-state index contributed by atoms with van der Waals surface area (Å²) in [6.07, 6.45) is 0.886. The number of hydrogen-bond donors (Lipinski definition) is 0. The Morgan fingerprint density at radius 2 is 1.20 bits per heavy atom. The molecule has 0 aromatic heterocycles. The van der Waals surface area contributed by atoms with Crippen molar-refractivity contribution in [3.05, 3.63) is 60.2 Å². The first-order valence-electron chi connectivity index (χ1n) is 6.97. The Morgan fingerprint density at radius 3 is 1.70 bits per heavy atom. The highest BCUT2D eigenvalue weighted by Crippen LogP contribution is 2.20. The number of rotatable bonds is 3. The maximum Gasteiger partial charge on any atom is 0.150 e. The van der Waals surface area contributed by atoms with Gasteiger partial charge >= 0.3 is 0 Å². The summed E-state index contributed by atoms with van der Waals surface area (Å²) in [6.45, 7) is 4.07. The number of aldehydes is 1. The molecule has 0 N–H and O–H groups in total. The zero-order valence-electron chi connectivity index (χ0n) is 11.4. The van der Waals surface area contributed by atoms with Crippen LogP contribution >= 0.6 is 0 Å². The highest BCUT2D eigenvalue weighted by molar-refractivity contribution is 5.75. The summed E-state index contributed by atoms with van der Waals surface area (Å²) >= 11 is 0. The summed E-state index contributed by atoms with van der Waals surface area (Å²) < 4.78 is 0. The molecular weight excluding hydrogens is 248 g/mol. The fourth-order valence-electron chi connectivity index (χ4n) is 2.63. The Balaban J connectivity index is 1.64. The summed E-state index contributed by atoms with van der Waals surface area (Å²) in [4.78, 5) is 15.5. The molecule has 0 atom stereocenters. The van der Waals surface area contributed by atoms with Crippen LogP contribution in [-0.2, 0) is 0 Å². The Labute approximate surface area is 119 Å². The van der Waals surface area contributed by atoms with Crippen molar-refractivity contribution in [2.75, 3.05) is 36.0 Å². The van der Waals surface area contributed by atoms with E-state index in [-0.39, 0.29) is 0 Å². The molecule has 0 bridgehead atoms. The smallest absolute Gasteiger partial charge is 0.150 e. The van der Waals surface area contributed by atoms with Crippen molar-refractivity contribution in [3.63, 3.8) is 0 Å². The third-order valence-corrected chi connectivity index (χ3v) is 3.80. The first kappa shape index (κ1) is 12.7.